The summed E-state index contributed by atoms with van der Waals surface area (Å²) in [7, 11) is 0. The van der Waals surface area contributed by atoms with E-state index in [0.29, 0.717) is 22.1 Å². The van der Waals surface area contributed by atoms with E-state index in [1.54, 1.807) is 37.3 Å². The van der Waals surface area contributed by atoms with Crippen LogP contribution in [0.25, 0.3) is 0 Å². The fourth-order valence-corrected chi connectivity index (χ4v) is 1.99. The Morgan fingerprint density at radius 2 is 1.95 bits per heavy atom. The van der Waals surface area contributed by atoms with E-state index in [1.165, 1.54) is 0 Å². The minimum absolute atomic E-state index is 0.421. The number of benzene rings is 2. The predicted octanol–water partition coefficient (Wildman–Crippen LogP) is 4.37. The molecular formula is C16H14ClNO2. The van der Waals surface area contributed by atoms with Crippen LogP contribution < -0.4 is 4.74 Å². The first-order valence-corrected chi connectivity index (χ1v) is 6.55. The lowest BCUT2D eigenvalue weighted by atomic mass is 10.1. The molecule has 102 valence electrons. The molecular weight excluding hydrogens is 274 g/mol. The maximum absolute atomic E-state index is 9.51. The van der Waals surface area contributed by atoms with Gasteiger partial charge >= 0.3 is 0 Å². The third-order valence-corrected chi connectivity index (χ3v) is 3.27. The number of aliphatic hydroxyl groups excluding tert-OH is 1. The average molecular weight is 288 g/mol. The number of hydrogen-bond acceptors (Lipinski definition) is 3. The number of hydrogen-bond donors (Lipinski definition) is 1. The SMILES string of the molecule is Cc1ccc(C#N)cc1Oc1ccc([C@H](C)O)cc1Cl. The first kappa shape index (κ1) is 14.4. The standard InChI is InChI=1S/C16H14ClNO2/c1-10-3-4-12(9-18)7-16(10)20-15-6-5-13(11(2)19)8-14(15)17/h3-8,11,19H,1-2H3/t11-/m0/s1. The van der Waals surface area contributed by atoms with Gasteiger partial charge in [0, 0.05) is 0 Å². The first-order chi connectivity index (χ1) is 9.51. The minimum atomic E-state index is -0.579. The van der Waals surface area contributed by atoms with E-state index in [9.17, 15) is 5.11 Å². The van der Waals surface area contributed by atoms with Crippen molar-refractivity contribution >= 4 is 11.6 Å². The fraction of sp³-hybridized carbons (Fsp3) is 0.188. The number of nitrogens with zero attached hydrogens (tertiary/aromatic N) is 1. The number of nitriles is 1. The molecule has 2 aromatic rings. The summed E-state index contributed by atoms with van der Waals surface area (Å²) in [5.74, 6) is 1.09. The largest absolute Gasteiger partial charge is 0.455 e. The van der Waals surface area contributed by atoms with Crippen molar-refractivity contribution < 1.29 is 9.84 Å². The van der Waals surface area contributed by atoms with Crippen molar-refractivity contribution in [2.24, 2.45) is 0 Å². The molecule has 4 heteroatoms. The van der Waals surface area contributed by atoms with Crippen LogP contribution in [0.5, 0.6) is 11.5 Å². The van der Waals surface area contributed by atoms with Crippen LogP contribution in [0.3, 0.4) is 0 Å². The maximum Gasteiger partial charge on any atom is 0.146 e. The number of ether oxygens (including phenoxy) is 1. The van der Waals surface area contributed by atoms with E-state index in [0.717, 1.165) is 11.1 Å². The van der Waals surface area contributed by atoms with Crippen LogP contribution in [0, 0.1) is 18.3 Å². The van der Waals surface area contributed by atoms with Gasteiger partial charge in [-0.2, -0.15) is 5.26 Å². The summed E-state index contributed by atoms with van der Waals surface area (Å²) in [6.45, 7) is 3.57. The van der Waals surface area contributed by atoms with Crippen LogP contribution in [0.1, 0.15) is 29.7 Å². The first-order valence-electron chi connectivity index (χ1n) is 6.17. The molecule has 0 spiro atoms. The lowest BCUT2D eigenvalue weighted by molar-refractivity contribution is 0.199. The molecule has 0 radical (unpaired) electrons. The highest BCUT2D eigenvalue weighted by Crippen LogP contribution is 2.33. The van der Waals surface area contributed by atoms with E-state index < -0.39 is 6.10 Å². The summed E-state index contributed by atoms with van der Waals surface area (Å²) in [5.41, 5.74) is 2.17. The van der Waals surface area contributed by atoms with Crippen LogP contribution in [0.4, 0.5) is 0 Å². The van der Waals surface area contributed by atoms with Gasteiger partial charge in [-0.05, 0) is 49.2 Å². The van der Waals surface area contributed by atoms with Crippen LogP contribution >= 0.6 is 11.6 Å². The van der Waals surface area contributed by atoms with Crippen molar-refractivity contribution in [2.75, 3.05) is 0 Å². The molecule has 20 heavy (non-hydrogen) atoms. The van der Waals surface area contributed by atoms with E-state index >= 15 is 0 Å². The zero-order valence-corrected chi connectivity index (χ0v) is 12.0. The van der Waals surface area contributed by atoms with E-state index in [-0.39, 0.29) is 0 Å². The molecule has 2 rings (SSSR count). The second-order valence-electron chi connectivity index (χ2n) is 4.56. The number of rotatable bonds is 3. The Bertz CT molecular complexity index is 675. The van der Waals surface area contributed by atoms with Crippen molar-refractivity contribution in [3.8, 4) is 17.6 Å². The summed E-state index contributed by atoms with van der Waals surface area (Å²) in [5, 5.41) is 18.8. The molecule has 2 aromatic carbocycles. The summed E-state index contributed by atoms with van der Waals surface area (Å²) < 4.78 is 5.75. The van der Waals surface area contributed by atoms with E-state index in [2.05, 4.69) is 6.07 Å². The Morgan fingerprint density at radius 1 is 1.20 bits per heavy atom. The molecule has 0 aromatic heterocycles. The van der Waals surface area contributed by atoms with Gasteiger partial charge in [-0.25, -0.2) is 0 Å². The third kappa shape index (κ3) is 3.11. The molecule has 0 heterocycles. The second-order valence-corrected chi connectivity index (χ2v) is 4.97. The molecule has 0 aliphatic rings. The molecule has 0 aliphatic carbocycles. The summed E-state index contributed by atoms with van der Waals surface area (Å²) in [6.07, 6.45) is -0.579. The molecule has 0 saturated heterocycles. The van der Waals surface area contributed by atoms with Gasteiger partial charge in [0.2, 0.25) is 0 Å². The van der Waals surface area contributed by atoms with Crippen molar-refractivity contribution in [2.45, 2.75) is 20.0 Å². The van der Waals surface area contributed by atoms with E-state index in [4.69, 9.17) is 21.6 Å². The zero-order chi connectivity index (χ0) is 14.7. The highest BCUT2D eigenvalue weighted by molar-refractivity contribution is 6.32. The van der Waals surface area contributed by atoms with E-state index in [1.807, 2.05) is 13.0 Å². The van der Waals surface area contributed by atoms with Gasteiger partial charge in [0.15, 0.2) is 0 Å². The van der Waals surface area contributed by atoms with Gasteiger partial charge in [0.05, 0.1) is 22.8 Å². The molecule has 0 amide bonds. The van der Waals surface area contributed by atoms with Crippen molar-refractivity contribution in [3.05, 3.63) is 58.1 Å². The van der Waals surface area contributed by atoms with Crippen LogP contribution in [-0.2, 0) is 0 Å². The highest BCUT2D eigenvalue weighted by Gasteiger charge is 2.09. The number of halogens is 1. The molecule has 0 unspecified atom stereocenters. The minimum Gasteiger partial charge on any atom is -0.455 e. The Balaban J connectivity index is 2.33. The summed E-state index contributed by atoms with van der Waals surface area (Å²) in [6, 6.07) is 12.5. The Morgan fingerprint density at radius 3 is 2.55 bits per heavy atom. The Hall–Kier alpha value is -2.02. The van der Waals surface area contributed by atoms with Gasteiger partial charge < -0.3 is 9.84 Å². The van der Waals surface area contributed by atoms with Gasteiger partial charge in [-0.3, -0.25) is 0 Å². The number of aryl methyl sites for hydroxylation is 1. The van der Waals surface area contributed by atoms with Crippen LogP contribution in [-0.4, -0.2) is 5.11 Å². The van der Waals surface area contributed by atoms with Gasteiger partial charge in [0.25, 0.3) is 0 Å². The highest BCUT2D eigenvalue weighted by atomic mass is 35.5. The summed E-state index contributed by atoms with van der Waals surface area (Å²) in [4.78, 5) is 0. The maximum atomic E-state index is 9.51. The van der Waals surface area contributed by atoms with Gasteiger partial charge in [-0.1, -0.05) is 23.7 Å². The van der Waals surface area contributed by atoms with Crippen molar-refractivity contribution in [1.29, 1.82) is 5.26 Å². The molecule has 1 atom stereocenters. The molecule has 3 nitrogen and oxygen atoms in total. The Labute approximate surface area is 123 Å². The molecule has 0 saturated carbocycles. The smallest absolute Gasteiger partial charge is 0.146 e. The zero-order valence-electron chi connectivity index (χ0n) is 11.2. The molecule has 0 bridgehead atoms. The fourth-order valence-electron chi connectivity index (χ4n) is 1.76. The van der Waals surface area contributed by atoms with Crippen LogP contribution in [0.2, 0.25) is 5.02 Å². The lowest BCUT2D eigenvalue weighted by Crippen LogP contribution is -1.93. The molecule has 1 N–H and O–H groups in total. The van der Waals surface area contributed by atoms with Gasteiger partial charge in [-0.15, -0.1) is 0 Å². The third-order valence-electron chi connectivity index (χ3n) is 2.98. The molecule has 0 fully saturated rings. The Kier molecular flexibility index (Phi) is 4.29. The number of aliphatic hydroxyl groups is 1. The van der Waals surface area contributed by atoms with Crippen molar-refractivity contribution in [1.82, 2.24) is 0 Å². The summed E-state index contributed by atoms with van der Waals surface area (Å²) >= 11 is 6.15. The second kappa shape index (κ2) is 5.96. The topological polar surface area (TPSA) is 53.2 Å². The van der Waals surface area contributed by atoms with Gasteiger partial charge in [0.1, 0.15) is 11.5 Å². The molecule has 0 aliphatic heterocycles. The lowest BCUT2D eigenvalue weighted by Gasteiger charge is -2.12. The normalized spacial score (nSPS) is 11.8. The quantitative estimate of drug-likeness (QED) is 0.912. The van der Waals surface area contributed by atoms with Crippen LogP contribution in [0.15, 0.2) is 36.4 Å². The monoisotopic (exact) mass is 287 g/mol. The predicted molar refractivity (Wildman–Crippen MR) is 78.1 cm³/mol. The van der Waals surface area contributed by atoms with Crippen molar-refractivity contribution in [3.63, 3.8) is 0 Å². The average Bonchev–Trinajstić information content (AvgIpc) is 2.43.